The Balaban J connectivity index is 3.92. The van der Waals surface area contributed by atoms with Crippen LogP contribution in [0, 0.1) is 16.7 Å². The van der Waals surface area contributed by atoms with Gasteiger partial charge >= 0.3 is 0 Å². The molecular formula is C13H22N2O2. The lowest BCUT2D eigenvalue weighted by Gasteiger charge is -2.21. The van der Waals surface area contributed by atoms with Crippen molar-refractivity contribution in [2.24, 2.45) is 5.41 Å². The number of amides is 1. The van der Waals surface area contributed by atoms with Crippen molar-refractivity contribution in [3.05, 3.63) is 12.7 Å². The van der Waals surface area contributed by atoms with Crippen LogP contribution in [0.1, 0.15) is 33.1 Å². The number of rotatable bonds is 9. The van der Waals surface area contributed by atoms with Crippen molar-refractivity contribution >= 4 is 5.91 Å². The number of carbonyl (C=O) groups is 1. The second kappa shape index (κ2) is 8.77. The molecule has 0 fully saturated rings. The first-order chi connectivity index (χ1) is 8.16. The fraction of sp³-hybridized carbons (Fsp3) is 0.692. The molecular weight excluding hydrogens is 216 g/mol. The minimum absolute atomic E-state index is 0.197. The van der Waals surface area contributed by atoms with Gasteiger partial charge in [0.05, 0.1) is 19.3 Å². The van der Waals surface area contributed by atoms with E-state index in [2.05, 4.69) is 18.0 Å². The van der Waals surface area contributed by atoms with Crippen LogP contribution in [0.25, 0.3) is 0 Å². The van der Waals surface area contributed by atoms with Gasteiger partial charge in [0.1, 0.15) is 5.41 Å². The van der Waals surface area contributed by atoms with Crippen LogP contribution in [0.2, 0.25) is 0 Å². The minimum Gasteiger partial charge on any atom is -0.379 e. The smallest absolute Gasteiger partial charge is 0.240 e. The van der Waals surface area contributed by atoms with Gasteiger partial charge in [-0.15, -0.1) is 6.58 Å². The van der Waals surface area contributed by atoms with Gasteiger partial charge in [0.15, 0.2) is 0 Å². The molecule has 17 heavy (non-hydrogen) atoms. The molecule has 0 aromatic rings. The number of hydrogen-bond donors (Lipinski definition) is 1. The molecule has 0 radical (unpaired) electrons. The van der Waals surface area contributed by atoms with E-state index >= 15 is 0 Å². The zero-order valence-electron chi connectivity index (χ0n) is 10.8. The predicted molar refractivity (Wildman–Crippen MR) is 67.3 cm³/mol. The quantitative estimate of drug-likeness (QED) is 0.494. The fourth-order valence-corrected chi connectivity index (χ4v) is 1.45. The Labute approximate surface area is 104 Å². The van der Waals surface area contributed by atoms with Crippen molar-refractivity contribution in [2.45, 2.75) is 33.1 Å². The van der Waals surface area contributed by atoms with Gasteiger partial charge in [0.2, 0.25) is 5.91 Å². The summed E-state index contributed by atoms with van der Waals surface area (Å²) in [6.07, 6.45) is 3.65. The second-order valence-electron chi connectivity index (χ2n) is 3.85. The standard InChI is InChI=1S/C13H22N2O2/c1-4-7-9-17-10-8-15-12(16)13(5-2,6-3)11-14/h4H,1,5-10H2,2-3H3,(H,15,16). The Morgan fingerprint density at radius 1 is 1.47 bits per heavy atom. The van der Waals surface area contributed by atoms with Crippen LogP contribution < -0.4 is 5.32 Å². The maximum Gasteiger partial charge on any atom is 0.240 e. The molecule has 4 nitrogen and oxygen atoms in total. The highest BCUT2D eigenvalue weighted by atomic mass is 16.5. The molecule has 0 aromatic heterocycles. The normalized spacial score (nSPS) is 10.6. The Bertz CT molecular complexity index is 278. The van der Waals surface area contributed by atoms with Gasteiger partial charge in [0.25, 0.3) is 0 Å². The molecule has 0 unspecified atom stereocenters. The third-order valence-electron chi connectivity index (χ3n) is 2.85. The summed E-state index contributed by atoms with van der Waals surface area (Å²) < 4.78 is 5.27. The third-order valence-corrected chi connectivity index (χ3v) is 2.85. The van der Waals surface area contributed by atoms with Crippen molar-refractivity contribution in [2.75, 3.05) is 19.8 Å². The average Bonchev–Trinajstić information content (AvgIpc) is 2.36. The van der Waals surface area contributed by atoms with E-state index in [1.54, 1.807) is 6.08 Å². The van der Waals surface area contributed by atoms with Crippen LogP contribution in [-0.4, -0.2) is 25.7 Å². The number of nitriles is 1. The van der Waals surface area contributed by atoms with Crippen molar-refractivity contribution < 1.29 is 9.53 Å². The number of nitrogens with one attached hydrogen (secondary N) is 1. The lowest BCUT2D eigenvalue weighted by Crippen LogP contribution is -2.40. The van der Waals surface area contributed by atoms with E-state index in [1.807, 2.05) is 13.8 Å². The number of ether oxygens (including phenoxy) is 1. The summed E-state index contributed by atoms with van der Waals surface area (Å²) in [4.78, 5) is 11.8. The van der Waals surface area contributed by atoms with E-state index in [9.17, 15) is 4.79 Å². The van der Waals surface area contributed by atoms with Gasteiger partial charge in [-0.1, -0.05) is 19.9 Å². The Morgan fingerprint density at radius 3 is 2.59 bits per heavy atom. The number of carbonyl (C=O) groups excluding carboxylic acids is 1. The summed E-state index contributed by atoms with van der Waals surface area (Å²) in [6, 6.07) is 2.11. The number of hydrogen-bond acceptors (Lipinski definition) is 3. The molecule has 0 atom stereocenters. The molecule has 0 rings (SSSR count). The highest BCUT2D eigenvalue weighted by molar-refractivity contribution is 5.85. The molecule has 0 aliphatic rings. The van der Waals surface area contributed by atoms with Crippen molar-refractivity contribution in [1.82, 2.24) is 5.32 Å². The predicted octanol–water partition coefficient (Wildman–Crippen LogP) is 2.03. The van der Waals surface area contributed by atoms with Gasteiger partial charge < -0.3 is 10.1 Å². The van der Waals surface area contributed by atoms with Crippen LogP contribution in [0.4, 0.5) is 0 Å². The van der Waals surface area contributed by atoms with Crippen molar-refractivity contribution in [3.63, 3.8) is 0 Å². The molecule has 1 N–H and O–H groups in total. The van der Waals surface area contributed by atoms with E-state index < -0.39 is 5.41 Å². The highest BCUT2D eigenvalue weighted by Crippen LogP contribution is 2.25. The Kier molecular flexibility index (Phi) is 8.08. The van der Waals surface area contributed by atoms with E-state index in [4.69, 9.17) is 10.00 Å². The Morgan fingerprint density at radius 2 is 2.12 bits per heavy atom. The van der Waals surface area contributed by atoms with Crippen LogP contribution in [0.15, 0.2) is 12.7 Å². The third kappa shape index (κ3) is 5.01. The lowest BCUT2D eigenvalue weighted by atomic mass is 9.83. The van der Waals surface area contributed by atoms with E-state index in [0.717, 1.165) is 6.42 Å². The topological polar surface area (TPSA) is 62.1 Å². The monoisotopic (exact) mass is 238 g/mol. The molecule has 0 heterocycles. The van der Waals surface area contributed by atoms with Gasteiger partial charge in [0, 0.05) is 6.54 Å². The largest absolute Gasteiger partial charge is 0.379 e. The SMILES string of the molecule is C=CCCOCCNC(=O)C(C#N)(CC)CC. The zero-order valence-corrected chi connectivity index (χ0v) is 10.8. The van der Waals surface area contributed by atoms with Gasteiger partial charge in [-0.2, -0.15) is 5.26 Å². The highest BCUT2D eigenvalue weighted by Gasteiger charge is 2.34. The van der Waals surface area contributed by atoms with Crippen LogP contribution >= 0.6 is 0 Å². The molecule has 1 amide bonds. The molecule has 0 spiro atoms. The molecule has 4 heteroatoms. The summed E-state index contributed by atoms with van der Waals surface area (Å²) in [7, 11) is 0. The molecule has 96 valence electrons. The summed E-state index contributed by atoms with van der Waals surface area (Å²) in [5.74, 6) is -0.197. The lowest BCUT2D eigenvalue weighted by molar-refractivity contribution is -0.128. The van der Waals surface area contributed by atoms with E-state index in [-0.39, 0.29) is 5.91 Å². The van der Waals surface area contributed by atoms with E-state index in [0.29, 0.717) is 32.6 Å². The minimum atomic E-state index is -0.888. The molecule has 0 aromatic carbocycles. The molecule has 0 aliphatic carbocycles. The first kappa shape index (κ1) is 15.7. The van der Waals surface area contributed by atoms with E-state index in [1.165, 1.54) is 0 Å². The second-order valence-corrected chi connectivity index (χ2v) is 3.85. The first-order valence-electron chi connectivity index (χ1n) is 6.05. The average molecular weight is 238 g/mol. The summed E-state index contributed by atoms with van der Waals surface area (Å²) in [5.41, 5.74) is -0.888. The fourth-order valence-electron chi connectivity index (χ4n) is 1.45. The maximum absolute atomic E-state index is 11.8. The summed E-state index contributed by atoms with van der Waals surface area (Å²) >= 11 is 0. The van der Waals surface area contributed by atoms with Crippen molar-refractivity contribution in [1.29, 1.82) is 5.26 Å². The molecule has 0 bridgehead atoms. The van der Waals surface area contributed by atoms with Gasteiger partial charge in [-0.3, -0.25) is 4.79 Å². The van der Waals surface area contributed by atoms with Crippen LogP contribution in [-0.2, 0) is 9.53 Å². The maximum atomic E-state index is 11.8. The zero-order chi connectivity index (χ0) is 13.1. The van der Waals surface area contributed by atoms with Gasteiger partial charge in [-0.25, -0.2) is 0 Å². The van der Waals surface area contributed by atoms with Crippen LogP contribution in [0.5, 0.6) is 0 Å². The van der Waals surface area contributed by atoms with Crippen molar-refractivity contribution in [3.8, 4) is 6.07 Å². The first-order valence-corrected chi connectivity index (χ1v) is 6.05. The molecule has 0 aliphatic heterocycles. The summed E-state index contributed by atoms with van der Waals surface area (Å²) in [6.45, 7) is 8.82. The molecule has 0 saturated carbocycles. The van der Waals surface area contributed by atoms with Crippen LogP contribution in [0.3, 0.4) is 0 Å². The van der Waals surface area contributed by atoms with Gasteiger partial charge in [-0.05, 0) is 19.3 Å². The Hall–Kier alpha value is -1.34. The summed E-state index contributed by atoms with van der Waals surface area (Å²) in [5, 5.41) is 11.8. The number of nitrogens with zero attached hydrogens (tertiary/aromatic N) is 1. The molecule has 0 saturated heterocycles.